The van der Waals surface area contributed by atoms with Gasteiger partial charge in [0.1, 0.15) is 12.6 Å². The van der Waals surface area contributed by atoms with E-state index >= 15 is 0 Å². The lowest BCUT2D eigenvalue weighted by atomic mass is 10.1. The summed E-state index contributed by atoms with van der Waals surface area (Å²) in [6, 6.07) is 9.08. The Kier molecular flexibility index (Phi) is 4.87. The summed E-state index contributed by atoms with van der Waals surface area (Å²) in [6.07, 6.45) is 3.79. The van der Waals surface area contributed by atoms with Crippen LogP contribution in [0, 0.1) is 0 Å². The first kappa shape index (κ1) is 15.2. The Morgan fingerprint density at radius 2 is 2.23 bits per heavy atom. The van der Waals surface area contributed by atoms with Crippen LogP contribution in [0.5, 0.6) is 0 Å². The number of aromatic nitrogens is 2. The van der Waals surface area contributed by atoms with Crippen LogP contribution in [0.4, 0.5) is 0 Å². The number of ether oxygens (including phenoxy) is 1. The molecule has 0 unspecified atom stereocenters. The molecule has 0 aliphatic carbocycles. The Morgan fingerprint density at radius 1 is 1.36 bits per heavy atom. The van der Waals surface area contributed by atoms with Crippen molar-refractivity contribution in [3.8, 4) is 11.4 Å². The third-order valence-corrected chi connectivity index (χ3v) is 4.09. The van der Waals surface area contributed by atoms with Crippen molar-refractivity contribution in [3.05, 3.63) is 42.2 Å². The minimum absolute atomic E-state index is 0.522. The largest absolute Gasteiger partial charge is 0.364 e. The second-order valence-corrected chi connectivity index (χ2v) is 5.89. The smallest absolute Gasteiger partial charge is 0.142 e. The zero-order valence-electron chi connectivity index (χ0n) is 13.3. The lowest BCUT2D eigenvalue weighted by molar-refractivity contribution is 0.132. The van der Waals surface area contributed by atoms with E-state index in [9.17, 15) is 0 Å². The van der Waals surface area contributed by atoms with Gasteiger partial charge in [0.15, 0.2) is 0 Å². The molecule has 0 bridgehead atoms. The molecule has 1 N–H and O–H groups in total. The fourth-order valence-corrected chi connectivity index (χ4v) is 3.07. The molecule has 1 aliphatic rings. The maximum Gasteiger partial charge on any atom is 0.142 e. The molecule has 1 saturated heterocycles. The molecule has 0 radical (unpaired) electrons. The van der Waals surface area contributed by atoms with E-state index in [1.54, 1.807) is 7.11 Å². The SMILES string of the molecule is COCn1ccnc1-c1ccccc1CN1CCN[C@@H](C)C1. The van der Waals surface area contributed by atoms with E-state index in [0.717, 1.165) is 32.0 Å². The molecule has 1 aromatic heterocycles. The molecule has 2 heterocycles. The molecule has 118 valence electrons. The zero-order chi connectivity index (χ0) is 15.4. The topological polar surface area (TPSA) is 42.3 Å². The van der Waals surface area contributed by atoms with Gasteiger partial charge in [-0.15, -0.1) is 0 Å². The van der Waals surface area contributed by atoms with E-state index in [2.05, 4.69) is 46.4 Å². The quantitative estimate of drug-likeness (QED) is 0.916. The van der Waals surface area contributed by atoms with Crippen LogP contribution in [0.2, 0.25) is 0 Å². The highest BCUT2D eigenvalue weighted by atomic mass is 16.5. The summed E-state index contributed by atoms with van der Waals surface area (Å²) in [5.74, 6) is 0.973. The fourth-order valence-electron chi connectivity index (χ4n) is 3.07. The molecule has 1 atom stereocenters. The number of rotatable bonds is 5. The maximum atomic E-state index is 5.26. The number of piperazine rings is 1. The minimum Gasteiger partial charge on any atom is -0.364 e. The second-order valence-electron chi connectivity index (χ2n) is 5.89. The number of methoxy groups -OCH3 is 1. The van der Waals surface area contributed by atoms with Gasteiger partial charge in [-0.25, -0.2) is 4.98 Å². The van der Waals surface area contributed by atoms with Crippen molar-refractivity contribution in [1.82, 2.24) is 19.8 Å². The molecule has 0 amide bonds. The average Bonchev–Trinajstić information content (AvgIpc) is 2.96. The fraction of sp³-hybridized carbons (Fsp3) is 0.471. The summed E-state index contributed by atoms with van der Waals surface area (Å²) < 4.78 is 7.30. The van der Waals surface area contributed by atoms with Crippen molar-refractivity contribution in [1.29, 1.82) is 0 Å². The molecule has 1 aromatic carbocycles. The third kappa shape index (κ3) is 3.38. The van der Waals surface area contributed by atoms with Gasteiger partial charge < -0.3 is 14.6 Å². The van der Waals surface area contributed by atoms with Crippen LogP contribution in [-0.4, -0.2) is 47.2 Å². The van der Waals surface area contributed by atoms with Crippen LogP contribution in [-0.2, 0) is 18.0 Å². The summed E-state index contributed by atoms with van der Waals surface area (Å²) in [6.45, 7) is 6.95. The first-order valence-corrected chi connectivity index (χ1v) is 7.82. The molecule has 5 heteroatoms. The van der Waals surface area contributed by atoms with Crippen LogP contribution >= 0.6 is 0 Å². The molecule has 1 fully saturated rings. The predicted molar refractivity (Wildman–Crippen MR) is 87.4 cm³/mol. The van der Waals surface area contributed by atoms with Gasteiger partial charge in [0, 0.05) is 57.3 Å². The van der Waals surface area contributed by atoms with Gasteiger partial charge in [-0.3, -0.25) is 4.90 Å². The highest BCUT2D eigenvalue weighted by Crippen LogP contribution is 2.24. The molecule has 2 aromatic rings. The molecule has 5 nitrogen and oxygen atoms in total. The molecular formula is C17H24N4O. The summed E-state index contributed by atoms with van der Waals surface area (Å²) >= 11 is 0. The first-order chi connectivity index (χ1) is 10.8. The van der Waals surface area contributed by atoms with Crippen molar-refractivity contribution in [2.45, 2.75) is 26.2 Å². The predicted octanol–water partition coefficient (Wildman–Crippen LogP) is 1.95. The van der Waals surface area contributed by atoms with Crippen molar-refractivity contribution in [2.75, 3.05) is 26.7 Å². The van der Waals surface area contributed by atoms with E-state index < -0.39 is 0 Å². The van der Waals surface area contributed by atoms with Gasteiger partial charge in [-0.1, -0.05) is 24.3 Å². The van der Waals surface area contributed by atoms with E-state index in [-0.39, 0.29) is 0 Å². The van der Waals surface area contributed by atoms with Gasteiger partial charge in [-0.2, -0.15) is 0 Å². The monoisotopic (exact) mass is 300 g/mol. The van der Waals surface area contributed by atoms with Crippen LogP contribution < -0.4 is 5.32 Å². The van der Waals surface area contributed by atoms with Crippen molar-refractivity contribution >= 4 is 0 Å². The lowest BCUT2D eigenvalue weighted by Gasteiger charge is -2.32. The van der Waals surface area contributed by atoms with Gasteiger partial charge in [0.2, 0.25) is 0 Å². The van der Waals surface area contributed by atoms with E-state index in [1.807, 2.05) is 17.0 Å². The van der Waals surface area contributed by atoms with Crippen LogP contribution in [0.1, 0.15) is 12.5 Å². The van der Waals surface area contributed by atoms with E-state index in [0.29, 0.717) is 12.8 Å². The van der Waals surface area contributed by atoms with Crippen molar-refractivity contribution < 1.29 is 4.74 Å². The first-order valence-electron chi connectivity index (χ1n) is 7.82. The molecule has 3 rings (SSSR count). The Morgan fingerprint density at radius 3 is 3.05 bits per heavy atom. The minimum atomic E-state index is 0.522. The van der Waals surface area contributed by atoms with Gasteiger partial charge in [0.05, 0.1) is 0 Å². The zero-order valence-corrected chi connectivity index (χ0v) is 13.3. The normalized spacial score (nSPS) is 19.5. The Balaban J connectivity index is 1.85. The second kappa shape index (κ2) is 7.05. The molecule has 22 heavy (non-hydrogen) atoms. The van der Waals surface area contributed by atoms with Crippen LogP contribution in [0.25, 0.3) is 11.4 Å². The summed E-state index contributed by atoms with van der Waals surface area (Å²) in [5, 5.41) is 3.49. The number of hydrogen-bond donors (Lipinski definition) is 1. The number of nitrogens with zero attached hydrogens (tertiary/aromatic N) is 3. The van der Waals surface area contributed by atoms with Crippen LogP contribution in [0.3, 0.4) is 0 Å². The van der Waals surface area contributed by atoms with Gasteiger partial charge in [0.25, 0.3) is 0 Å². The van der Waals surface area contributed by atoms with Gasteiger partial charge >= 0.3 is 0 Å². The van der Waals surface area contributed by atoms with Crippen LogP contribution in [0.15, 0.2) is 36.7 Å². The Bertz CT molecular complexity index is 610. The van der Waals surface area contributed by atoms with Crippen molar-refractivity contribution in [3.63, 3.8) is 0 Å². The maximum absolute atomic E-state index is 5.26. The van der Waals surface area contributed by atoms with Crippen molar-refractivity contribution in [2.24, 2.45) is 0 Å². The molecule has 1 aliphatic heterocycles. The summed E-state index contributed by atoms with van der Waals surface area (Å²) in [7, 11) is 1.71. The number of hydrogen-bond acceptors (Lipinski definition) is 4. The summed E-state index contributed by atoms with van der Waals surface area (Å²) in [5.41, 5.74) is 2.51. The van der Waals surface area contributed by atoms with E-state index in [1.165, 1.54) is 11.1 Å². The Hall–Kier alpha value is -1.69. The van der Waals surface area contributed by atoms with Gasteiger partial charge in [-0.05, 0) is 12.5 Å². The molecule has 0 spiro atoms. The number of imidazole rings is 1. The highest BCUT2D eigenvalue weighted by Gasteiger charge is 2.18. The number of benzene rings is 1. The third-order valence-electron chi connectivity index (χ3n) is 4.09. The average molecular weight is 300 g/mol. The lowest BCUT2D eigenvalue weighted by Crippen LogP contribution is -2.48. The Labute approximate surface area is 131 Å². The summed E-state index contributed by atoms with van der Waals surface area (Å²) in [4.78, 5) is 7.03. The number of nitrogens with one attached hydrogen (secondary N) is 1. The highest BCUT2D eigenvalue weighted by molar-refractivity contribution is 5.60. The standard InChI is InChI=1S/C17H24N4O/c1-14-11-20(9-7-18-14)12-15-5-3-4-6-16(15)17-19-8-10-21(17)13-22-2/h3-6,8,10,14,18H,7,9,11-13H2,1-2H3/t14-/m0/s1. The molecule has 0 saturated carbocycles. The molecular weight excluding hydrogens is 276 g/mol. The van der Waals surface area contributed by atoms with E-state index in [4.69, 9.17) is 4.74 Å².